The number of nitrogens with one attached hydrogen (secondary N) is 2. The van der Waals surface area contributed by atoms with Crippen LogP contribution in [0.15, 0.2) is 91.0 Å². The van der Waals surface area contributed by atoms with E-state index in [1.807, 2.05) is 49.4 Å². The fraction of sp³-hybridized carbons (Fsp3) is 0.208. The van der Waals surface area contributed by atoms with Crippen LogP contribution in [-0.4, -0.2) is 19.5 Å². The van der Waals surface area contributed by atoms with Gasteiger partial charge in [0.1, 0.15) is 6.04 Å². The first-order chi connectivity index (χ1) is 13.1. The van der Waals surface area contributed by atoms with Crippen molar-refractivity contribution in [3.05, 3.63) is 108 Å². The van der Waals surface area contributed by atoms with Crippen molar-refractivity contribution in [2.75, 3.05) is 13.6 Å². The van der Waals surface area contributed by atoms with Gasteiger partial charge in [-0.3, -0.25) is 4.79 Å². The van der Waals surface area contributed by atoms with Crippen LogP contribution in [-0.2, 0) is 4.79 Å². The summed E-state index contributed by atoms with van der Waals surface area (Å²) in [4.78, 5) is 13.8. The SMILES string of the molecule is C[C@H](NC(=O)C[NH+](C)C(c1ccccc1)c1ccccc1)c1ccccc1. The van der Waals surface area contributed by atoms with Crippen LogP contribution in [0.2, 0.25) is 0 Å². The maximum atomic E-state index is 12.7. The lowest BCUT2D eigenvalue weighted by atomic mass is 9.97. The zero-order valence-electron chi connectivity index (χ0n) is 15.9. The predicted molar refractivity (Wildman–Crippen MR) is 109 cm³/mol. The average molecular weight is 359 g/mol. The standard InChI is InChI=1S/C24H26N2O/c1-19(20-12-6-3-7-13-20)25-23(27)18-26(2)24(21-14-8-4-9-15-21)22-16-10-5-11-17-22/h3-17,19,24H,18H2,1-2H3,(H,25,27)/p+1/t19-/m0/s1. The van der Waals surface area contributed by atoms with E-state index in [1.165, 1.54) is 11.1 Å². The van der Waals surface area contributed by atoms with Gasteiger partial charge in [0.2, 0.25) is 0 Å². The van der Waals surface area contributed by atoms with Crippen molar-refractivity contribution in [1.82, 2.24) is 5.32 Å². The van der Waals surface area contributed by atoms with Gasteiger partial charge >= 0.3 is 0 Å². The van der Waals surface area contributed by atoms with E-state index >= 15 is 0 Å². The number of carbonyl (C=O) groups is 1. The first kappa shape index (κ1) is 18.9. The highest BCUT2D eigenvalue weighted by Gasteiger charge is 2.25. The highest BCUT2D eigenvalue weighted by molar-refractivity contribution is 5.77. The van der Waals surface area contributed by atoms with Crippen LogP contribution in [0.1, 0.15) is 35.7 Å². The lowest BCUT2D eigenvalue weighted by molar-refractivity contribution is -0.898. The summed E-state index contributed by atoms with van der Waals surface area (Å²) < 4.78 is 0. The zero-order chi connectivity index (χ0) is 19.1. The fourth-order valence-electron chi connectivity index (χ4n) is 3.53. The highest BCUT2D eigenvalue weighted by atomic mass is 16.2. The monoisotopic (exact) mass is 359 g/mol. The van der Waals surface area contributed by atoms with Gasteiger partial charge in [0.25, 0.3) is 5.91 Å². The molecule has 3 rings (SSSR count). The number of rotatable bonds is 7. The summed E-state index contributed by atoms with van der Waals surface area (Å²) >= 11 is 0. The Morgan fingerprint density at radius 3 is 1.63 bits per heavy atom. The second-order valence-corrected chi connectivity index (χ2v) is 6.98. The smallest absolute Gasteiger partial charge is 0.275 e. The Labute approximate surface area is 161 Å². The maximum Gasteiger partial charge on any atom is 0.275 e. The molecule has 0 saturated carbocycles. The van der Waals surface area contributed by atoms with Crippen LogP contribution in [0.3, 0.4) is 0 Å². The Bertz CT molecular complexity index is 795. The quantitative estimate of drug-likeness (QED) is 0.667. The minimum absolute atomic E-state index is 0.00148. The van der Waals surface area contributed by atoms with Gasteiger partial charge < -0.3 is 10.2 Å². The predicted octanol–water partition coefficient (Wildman–Crippen LogP) is 3.17. The van der Waals surface area contributed by atoms with E-state index in [-0.39, 0.29) is 18.0 Å². The summed E-state index contributed by atoms with van der Waals surface area (Å²) in [5.74, 6) is 0.0562. The Morgan fingerprint density at radius 1 is 0.778 bits per heavy atom. The van der Waals surface area contributed by atoms with Gasteiger partial charge in [0, 0.05) is 11.1 Å². The maximum absolute atomic E-state index is 12.7. The van der Waals surface area contributed by atoms with Crippen molar-refractivity contribution in [2.45, 2.75) is 19.0 Å². The molecule has 2 atom stereocenters. The lowest BCUT2D eigenvalue weighted by Gasteiger charge is -2.26. The van der Waals surface area contributed by atoms with E-state index in [2.05, 4.69) is 60.9 Å². The Balaban J connectivity index is 1.73. The molecule has 1 amide bonds. The number of carbonyl (C=O) groups excluding carboxylic acids is 1. The van der Waals surface area contributed by atoms with Crippen molar-refractivity contribution < 1.29 is 9.69 Å². The summed E-state index contributed by atoms with van der Waals surface area (Å²) in [6.07, 6.45) is 0. The number of hydrogen-bond acceptors (Lipinski definition) is 1. The molecular formula is C24H27N2O+. The first-order valence-electron chi connectivity index (χ1n) is 9.41. The molecule has 0 fully saturated rings. The van der Waals surface area contributed by atoms with Gasteiger partial charge in [-0.25, -0.2) is 0 Å². The summed E-state index contributed by atoms with van der Waals surface area (Å²) in [6, 6.07) is 30.9. The highest BCUT2D eigenvalue weighted by Crippen LogP contribution is 2.18. The van der Waals surface area contributed by atoms with Crippen LogP contribution in [0.4, 0.5) is 0 Å². The second kappa shape index (κ2) is 9.15. The van der Waals surface area contributed by atoms with Crippen molar-refractivity contribution in [3.63, 3.8) is 0 Å². The van der Waals surface area contributed by atoms with Crippen molar-refractivity contribution in [3.8, 4) is 0 Å². The number of benzene rings is 3. The van der Waals surface area contributed by atoms with E-state index < -0.39 is 0 Å². The number of amides is 1. The molecule has 3 aromatic rings. The third-order valence-corrected chi connectivity index (χ3v) is 4.88. The van der Waals surface area contributed by atoms with Crippen molar-refractivity contribution in [2.24, 2.45) is 0 Å². The van der Waals surface area contributed by atoms with E-state index in [4.69, 9.17) is 0 Å². The molecular weight excluding hydrogens is 332 g/mol. The van der Waals surface area contributed by atoms with Crippen molar-refractivity contribution >= 4 is 5.91 Å². The Kier molecular flexibility index (Phi) is 6.39. The van der Waals surface area contributed by atoms with Gasteiger partial charge in [-0.2, -0.15) is 0 Å². The molecule has 0 heterocycles. The summed E-state index contributed by atoms with van der Waals surface area (Å²) in [7, 11) is 2.08. The third-order valence-electron chi connectivity index (χ3n) is 4.88. The molecule has 1 unspecified atom stereocenters. The molecule has 3 aromatic carbocycles. The van der Waals surface area contributed by atoms with Crippen LogP contribution < -0.4 is 10.2 Å². The molecule has 3 nitrogen and oxygen atoms in total. The van der Waals surface area contributed by atoms with E-state index in [0.29, 0.717) is 6.54 Å². The summed E-state index contributed by atoms with van der Waals surface area (Å²) in [5, 5.41) is 3.13. The topological polar surface area (TPSA) is 33.5 Å². The number of hydrogen-bond donors (Lipinski definition) is 2. The molecule has 0 spiro atoms. The van der Waals surface area contributed by atoms with Gasteiger partial charge in [0.15, 0.2) is 6.54 Å². The number of quaternary nitrogens is 1. The number of likely N-dealkylation sites (N-methyl/N-ethyl adjacent to an activating group) is 1. The molecule has 2 N–H and O–H groups in total. The van der Waals surface area contributed by atoms with E-state index in [0.717, 1.165) is 10.5 Å². The molecule has 27 heavy (non-hydrogen) atoms. The summed E-state index contributed by atoms with van der Waals surface area (Å²) in [5.41, 5.74) is 3.54. The third kappa shape index (κ3) is 5.05. The summed E-state index contributed by atoms with van der Waals surface area (Å²) in [6.45, 7) is 2.43. The van der Waals surface area contributed by atoms with Crippen molar-refractivity contribution in [1.29, 1.82) is 0 Å². The molecule has 0 bridgehead atoms. The lowest BCUT2D eigenvalue weighted by Crippen LogP contribution is -3.10. The van der Waals surface area contributed by atoms with Crippen LogP contribution in [0.25, 0.3) is 0 Å². The molecule has 3 heteroatoms. The molecule has 138 valence electrons. The molecule has 0 saturated heterocycles. The Hall–Kier alpha value is -2.91. The van der Waals surface area contributed by atoms with Crippen LogP contribution in [0, 0.1) is 0 Å². The normalized spacial score (nSPS) is 13.1. The molecule has 0 radical (unpaired) electrons. The van der Waals surface area contributed by atoms with Gasteiger partial charge in [-0.15, -0.1) is 0 Å². The molecule has 0 aliphatic heterocycles. The fourth-order valence-corrected chi connectivity index (χ4v) is 3.53. The minimum atomic E-state index is -0.00148. The van der Waals surface area contributed by atoms with Gasteiger partial charge in [-0.1, -0.05) is 91.0 Å². The van der Waals surface area contributed by atoms with Gasteiger partial charge in [0.05, 0.1) is 13.1 Å². The second-order valence-electron chi connectivity index (χ2n) is 6.98. The van der Waals surface area contributed by atoms with E-state index in [9.17, 15) is 4.79 Å². The van der Waals surface area contributed by atoms with Crippen LogP contribution in [0.5, 0.6) is 0 Å². The average Bonchev–Trinajstić information content (AvgIpc) is 2.70. The zero-order valence-corrected chi connectivity index (χ0v) is 15.9. The largest absolute Gasteiger partial charge is 0.345 e. The molecule has 0 aliphatic rings. The molecule has 0 aromatic heterocycles. The van der Waals surface area contributed by atoms with Gasteiger partial charge in [-0.05, 0) is 12.5 Å². The van der Waals surface area contributed by atoms with E-state index in [1.54, 1.807) is 0 Å². The van der Waals surface area contributed by atoms with Crippen LogP contribution >= 0.6 is 0 Å². The minimum Gasteiger partial charge on any atom is -0.345 e. The first-order valence-corrected chi connectivity index (χ1v) is 9.41. The Morgan fingerprint density at radius 2 is 1.19 bits per heavy atom. The molecule has 0 aliphatic carbocycles.